The predicted octanol–water partition coefficient (Wildman–Crippen LogP) is 12.8. The summed E-state index contributed by atoms with van der Waals surface area (Å²) in [5.74, 6) is 0. The lowest BCUT2D eigenvalue weighted by Gasteiger charge is -2.53. The van der Waals surface area contributed by atoms with Crippen molar-refractivity contribution in [2.75, 3.05) is 13.1 Å². The number of nitrogens with zero attached hydrogens (tertiary/aromatic N) is 2. The van der Waals surface area contributed by atoms with Crippen molar-refractivity contribution in [3.63, 3.8) is 0 Å². The fraction of sp³-hybridized carbons (Fsp3) is 0.833. The van der Waals surface area contributed by atoms with Crippen LogP contribution in [0.25, 0.3) is 0 Å². The topological polar surface area (TPSA) is 35.8 Å². The second-order valence-corrected chi connectivity index (χ2v) is 14.6. The minimum absolute atomic E-state index is 0.105. The lowest BCUT2D eigenvalue weighted by molar-refractivity contribution is -0.176. The van der Waals surface area contributed by atoms with Gasteiger partial charge in [-0.2, -0.15) is 0 Å². The summed E-state index contributed by atoms with van der Waals surface area (Å²) in [6.45, 7) is 8.57. The number of hydrogen-bond acceptors (Lipinski definition) is 3. The molecule has 0 saturated heterocycles. The van der Waals surface area contributed by atoms with Crippen LogP contribution in [0.2, 0.25) is 0 Å². The molecule has 45 heavy (non-hydrogen) atoms. The van der Waals surface area contributed by atoms with E-state index in [0.29, 0.717) is 6.42 Å². The molecule has 1 aromatic rings. The zero-order chi connectivity index (χ0) is 32.3. The van der Waals surface area contributed by atoms with Crippen LogP contribution in [-0.2, 0) is 6.42 Å². The molecule has 0 saturated carbocycles. The van der Waals surface area contributed by atoms with Crippen molar-refractivity contribution in [1.82, 2.24) is 4.90 Å². The largest absolute Gasteiger partial charge is 0.370 e. The van der Waals surface area contributed by atoms with Gasteiger partial charge in [-0.1, -0.05) is 205 Å². The van der Waals surface area contributed by atoms with Gasteiger partial charge in [0.1, 0.15) is 5.72 Å². The highest BCUT2D eigenvalue weighted by Crippen LogP contribution is 2.49. The molecule has 1 atom stereocenters. The second-order valence-electron chi connectivity index (χ2n) is 14.6. The van der Waals surface area contributed by atoms with Crippen LogP contribution in [-0.4, -0.2) is 35.2 Å². The van der Waals surface area contributed by atoms with Crippen LogP contribution in [0.4, 0.5) is 0 Å². The minimum Gasteiger partial charge on any atom is -0.370 e. The zero-order valence-electron chi connectivity index (χ0n) is 30.5. The van der Waals surface area contributed by atoms with Gasteiger partial charge in [-0.3, -0.25) is 4.99 Å². The van der Waals surface area contributed by atoms with Gasteiger partial charge >= 0.3 is 0 Å². The van der Waals surface area contributed by atoms with E-state index in [9.17, 15) is 5.11 Å². The van der Waals surface area contributed by atoms with E-state index in [1.807, 2.05) is 6.34 Å². The molecular formula is C42H76N2O. The Morgan fingerprint density at radius 2 is 0.933 bits per heavy atom. The SMILES string of the molecule is CCCCCCCCCCC(CCCCCCCCCC)(CCCCCCCCCC)C(O)(Cc1ccccc1)N1C=NCC1. The third kappa shape index (κ3) is 15.9. The Kier molecular flexibility index (Phi) is 22.7. The first-order valence-electron chi connectivity index (χ1n) is 20.1. The fourth-order valence-corrected chi connectivity index (χ4v) is 7.90. The summed E-state index contributed by atoms with van der Waals surface area (Å²) >= 11 is 0. The highest BCUT2D eigenvalue weighted by atomic mass is 16.3. The average Bonchev–Trinajstić information content (AvgIpc) is 3.61. The van der Waals surface area contributed by atoms with Gasteiger partial charge in [-0.15, -0.1) is 0 Å². The Bertz CT molecular complexity index is 773. The van der Waals surface area contributed by atoms with Crippen LogP contribution in [0.3, 0.4) is 0 Å². The van der Waals surface area contributed by atoms with Crippen molar-refractivity contribution in [1.29, 1.82) is 0 Å². The van der Waals surface area contributed by atoms with Gasteiger partial charge in [0, 0.05) is 18.4 Å². The van der Waals surface area contributed by atoms with Crippen LogP contribution >= 0.6 is 0 Å². The molecule has 3 heteroatoms. The van der Waals surface area contributed by atoms with Gasteiger partial charge < -0.3 is 10.0 Å². The van der Waals surface area contributed by atoms with E-state index in [2.05, 4.69) is 61.0 Å². The molecule has 1 unspecified atom stereocenters. The number of hydrogen-bond donors (Lipinski definition) is 1. The molecule has 0 bridgehead atoms. The number of benzene rings is 1. The third-order valence-corrected chi connectivity index (χ3v) is 10.8. The summed E-state index contributed by atoms with van der Waals surface area (Å²) in [7, 11) is 0. The molecule has 0 radical (unpaired) electrons. The van der Waals surface area contributed by atoms with Crippen molar-refractivity contribution in [2.24, 2.45) is 10.4 Å². The molecule has 1 aliphatic rings. The van der Waals surface area contributed by atoms with E-state index in [-0.39, 0.29) is 5.41 Å². The van der Waals surface area contributed by atoms with Crippen molar-refractivity contribution < 1.29 is 5.11 Å². The first kappa shape index (κ1) is 39.8. The van der Waals surface area contributed by atoms with E-state index in [0.717, 1.165) is 32.4 Å². The Hall–Kier alpha value is -1.35. The van der Waals surface area contributed by atoms with E-state index in [4.69, 9.17) is 0 Å². The summed E-state index contributed by atoms with van der Waals surface area (Å²) in [4.78, 5) is 6.94. The molecular weight excluding hydrogens is 548 g/mol. The first-order valence-corrected chi connectivity index (χ1v) is 20.1. The van der Waals surface area contributed by atoms with Crippen LogP contribution in [0, 0.1) is 5.41 Å². The highest BCUT2D eigenvalue weighted by Gasteiger charge is 2.52. The van der Waals surface area contributed by atoms with Crippen molar-refractivity contribution >= 4 is 6.34 Å². The van der Waals surface area contributed by atoms with E-state index in [1.54, 1.807) is 0 Å². The normalized spacial score (nSPS) is 14.8. The highest BCUT2D eigenvalue weighted by molar-refractivity contribution is 5.58. The molecule has 1 heterocycles. The molecule has 1 aromatic carbocycles. The number of aliphatic hydroxyl groups is 1. The van der Waals surface area contributed by atoms with Gasteiger partial charge in [0.25, 0.3) is 0 Å². The number of rotatable bonds is 31. The molecule has 0 aromatic heterocycles. The summed E-state index contributed by atoms with van der Waals surface area (Å²) in [5.41, 5.74) is 0.260. The van der Waals surface area contributed by atoms with E-state index in [1.165, 1.54) is 160 Å². The van der Waals surface area contributed by atoms with Crippen molar-refractivity contribution in [2.45, 2.75) is 206 Å². The number of aliphatic imine (C=N–C) groups is 1. The summed E-state index contributed by atoms with van der Waals surface area (Å²) in [5, 5.41) is 13.2. The van der Waals surface area contributed by atoms with Gasteiger partial charge in [0.2, 0.25) is 0 Å². The third-order valence-electron chi connectivity index (χ3n) is 10.8. The molecule has 1 aliphatic heterocycles. The van der Waals surface area contributed by atoms with Crippen LogP contribution in [0.15, 0.2) is 35.3 Å². The molecule has 2 rings (SSSR count). The fourth-order valence-electron chi connectivity index (χ4n) is 7.90. The molecule has 1 N–H and O–H groups in total. The van der Waals surface area contributed by atoms with Crippen molar-refractivity contribution in [3.8, 4) is 0 Å². The van der Waals surface area contributed by atoms with Crippen LogP contribution in [0.1, 0.15) is 200 Å². The van der Waals surface area contributed by atoms with E-state index >= 15 is 0 Å². The maximum absolute atomic E-state index is 13.2. The molecule has 260 valence electrons. The lowest BCUT2D eigenvalue weighted by Crippen LogP contribution is -2.61. The Morgan fingerprint density at radius 1 is 0.556 bits per heavy atom. The van der Waals surface area contributed by atoms with Crippen LogP contribution < -0.4 is 0 Å². The standard InChI is InChI=1S/C42H76N2O/c1-4-7-10-13-16-19-22-28-33-41(34-29-23-20-17-14-11-8-5-2,35-30-24-21-18-15-12-9-6-3)42(45,44-37-36-43-39-44)38-40-31-26-25-27-32-40/h25-27,31-32,39,45H,4-24,28-30,33-38H2,1-3H3. The number of unbranched alkanes of at least 4 members (excludes halogenated alkanes) is 21. The smallest absolute Gasteiger partial charge is 0.148 e. The summed E-state index contributed by atoms with van der Waals surface area (Å²) < 4.78 is 0. The Balaban J connectivity index is 2.22. The Labute approximate surface area is 281 Å². The molecule has 0 fully saturated rings. The predicted molar refractivity (Wildman–Crippen MR) is 199 cm³/mol. The summed E-state index contributed by atoms with van der Waals surface area (Å²) in [6.07, 6.45) is 38.3. The van der Waals surface area contributed by atoms with Crippen LogP contribution in [0.5, 0.6) is 0 Å². The average molecular weight is 625 g/mol. The maximum atomic E-state index is 13.2. The lowest BCUT2D eigenvalue weighted by atomic mass is 9.64. The quantitative estimate of drug-likeness (QED) is 0.0834. The molecule has 0 aliphatic carbocycles. The molecule has 3 nitrogen and oxygen atoms in total. The van der Waals surface area contributed by atoms with Gasteiger partial charge in [0.05, 0.1) is 12.9 Å². The van der Waals surface area contributed by atoms with Gasteiger partial charge in [-0.05, 0) is 24.8 Å². The monoisotopic (exact) mass is 625 g/mol. The molecule has 0 spiro atoms. The second kappa shape index (κ2) is 25.7. The van der Waals surface area contributed by atoms with Gasteiger partial charge in [-0.25, -0.2) is 0 Å². The first-order chi connectivity index (χ1) is 22.1. The minimum atomic E-state index is -0.891. The molecule has 0 amide bonds. The Morgan fingerprint density at radius 3 is 1.29 bits per heavy atom. The maximum Gasteiger partial charge on any atom is 0.148 e. The van der Waals surface area contributed by atoms with Crippen molar-refractivity contribution in [3.05, 3.63) is 35.9 Å². The van der Waals surface area contributed by atoms with Gasteiger partial charge in [0.15, 0.2) is 0 Å². The zero-order valence-corrected chi connectivity index (χ0v) is 30.5. The van der Waals surface area contributed by atoms with E-state index < -0.39 is 5.72 Å². The summed E-state index contributed by atoms with van der Waals surface area (Å²) in [6, 6.07) is 10.8.